The van der Waals surface area contributed by atoms with Gasteiger partial charge in [0, 0.05) is 13.0 Å². The van der Waals surface area contributed by atoms with Crippen LogP contribution in [-0.2, 0) is 4.79 Å². The monoisotopic (exact) mass is 166 g/mol. The highest BCUT2D eigenvalue weighted by Crippen LogP contribution is 2.24. The van der Waals surface area contributed by atoms with Crippen LogP contribution < -0.4 is 10.6 Å². The fraction of sp³-hybridized carbons (Fsp3) is 0.429. The van der Waals surface area contributed by atoms with E-state index >= 15 is 0 Å². The quantitative estimate of drug-likeness (QED) is 0.524. The van der Waals surface area contributed by atoms with Crippen LogP contribution in [0, 0.1) is 6.92 Å². The number of hydrogen-bond acceptors (Lipinski definition) is 3. The van der Waals surface area contributed by atoms with E-state index in [-0.39, 0.29) is 5.91 Å². The second-order valence-electron chi connectivity index (χ2n) is 2.80. The van der Waals surface area contributed by atoms with Crippen molar-refractivity contribution < 1.29 is 4.79 Å². The molecule has 5 heteroatoms. The molecule has 3 N–H and O–H groups in total. The molecule has 0 fully saturated rings. The highest BCUT2D eigenvalue weighted by atomic mass is 16.1. The van der Waals surface area contributed by atoms with Crippen LogP contribution in [0.15, 0.2) is 0 Å². The van der Waals surface area contributed by atoms with Crippen LogP contribution in [0.2, 0.25) is 0 Å². The number of aryl methyl sites for hydroxylation is 1. The SMILES string of the molecule is Cc1[nH]nc2c1NC(=O)CCN2. The van der Waals surface area contributed by atoms with Gasteiger partial charge in [-0.1, -0.05) is 0 Å². The van der Waals surface area contributed by atoms with Gasteiger partial charge in [-0.15, -0.1) is 0 Å². The lowest BCUT2D eigenvalue weighted by Gasteiger charge is -1.98. The van der Waals surface area contributed by atoms with Crippen molar-refractivity contribution in [2.75, 3.05) is 17.2 Å². The Morgan fingerprint density at radius 2 is 2.33 bits per heavy atom. The first-order chi connectivity index (χ1) is 5.77. The van der Waals surface area contributed by atoms with Gasteiger partial charge in [-0.25, -0.2) is 0 Å². The zero-order chi connectivity index (χ0) is 8.55. The molecule has 0 saturated heterocycles. The van der Waals surface area contributed by atoms with Crippen molar-refractivity contribution in [1.82, 2.24) is 10.2 Å². The van der Waals surface area contributed by atoms with E-state index in [4.69, 9.17) is 0 Å². The van der Waals surface area contributed by atoms with Gasteiger partial charge in [0.1, 0.15) is 5.69 Å². The Labute approximate surface area is 69.5 Å². The van der Waals surface area contributed by atoms with Gasteiger partial charge >= 0.3 is 0 Å². The summed E-state index contributed by atoms with van der Waals surface area (Å²) in [6, 6.07) is 0. The molecular weight excluding hydrogens is 156 g/mol. The number of carbonyl (C=O) groups excluding carboxylic acids is 1. The van der Waals surface area contributed by atoms with E-state index in [0.717, 1.165) is 17.2 Å². The minimum atomic E-state index is 0.0331. The Morgan fingerprint density at radius 3 is 3.17 bits per heavy atom. The maximum Gasteiger partial charge on any atom is 0.226 e. The summed E-state index contributed by atoms with van der Waals surface area (Å²) in [6.45, 7) is 2.52. The van der Waals surface area contributed by atoms with E-state index < -0.39 is 0 Å². The second kappa shape index (κ2) is 2.51. The third kappa shape index (κ3) is 1.03. The molecular formula is C7H10N4O. The largest absolute Gasteiger partial charge is 0.366 e. The number of nitrogens with zero attached hydrogens (tertiary/aromatic N) is 1. The summed E-state index contributed by atoms with van der Waals surface area (Å²) in [5.74, 6) is 0.768. The smallest absolute Gasteiger partial charge is 0.226 e. The van der Waals surface area contributed by atoms with E-state index in [0.29, 0.717) is 13.0 Å². The van der Waals surface area contributed by atoms with Crippen LogP contribution in [-0.4, -0.2) is 22.6 Å². The van der Waals surface area contributed by atoms with Crippen molar-refractivity contribution in [1.29, 1.82) is 0 Å². The molecule has 0 aromatic carbocycles. The highest BCUT2D eigenvalue weighted by molar-refractivity contribution is 5.95. The molecule has 0 aliphatic carbocycles. The number of aromatic amines is 1. The van der Waals surface area contributed by atoms with Gasteiger partial charge in [0.25, 0.3) is 0 Å². The van der Waals surface area contributed by atoms with Gasteiger partial charge in [-0.3, -0.25) is 9.89 Å². The Morgan fingerprint density at radius 1 is 1.50 bits per heavy atom. The zero-order valence-electron chi connectivity index (χ0n) is 6.77. The average molecular weight is 166 g/mol. The number of nitrogens with one attached hydrogen (secondary N) is 3. The summed E-state index contributed by atoms with van der Waals surface area (Å²) >= 11 is 0. The van der Waals surface area contributed by atoms with Gasteiger partial charge in [0.05, 0.1) is 5.69 Å². The van der Waals surface area contributed by atoms with Crippen molar-refractivity contribution in [2.24, 2.45) is 0 Å². The molecule has 1 amide bonds. The van der Waals surface area contributed by atoms with Crippen LogP contribution in [0.5, 0.6) is 0 Å². The first kappa shape index (κ1) is 7.15. The van der Waals surface area contributed by atoms with Crippen LogP contribution in [0.25, 0.3) is 0 Å². The third-order valence-corrected chi connectivity index (χ3v) is 1.86. The van der Waals surface area contributed by atoms with Crippen molar-refractivity contribution in [3.8, 4) is 0 Å². The molecule has 1 aliphatic rings. The Bertz CT molecular complexity index is 317. The summed E-state index contributed by atoms with van der Waals surface area (Å²) in [4.78, 5) is 11.1. The Kier molecular flexibility index (Phi) is 1.49. The van der Waals surface area contributed by atoms with Gasteiger partial charge < -0.3 is 10.6 Å². The predicted molar refractivity (Wildman–Crippen MR) is 45.1 cm³/mol. The van der Waals surface area contributed by atoms with Crippen molar-refractivity contribution in [3.05, 3.63) is 5.69 Å². The number of aromatic nitrogens is 2. The topological polar surface area (TPSA) is 69.8 Å². The molecule has 1 aromatic rings. The van der Waals surface area contributed by atoms with Gasteiger partial charge in [0.15, 0.2) is 5.82 Å². The maximum atomic E-state index is 11.1. The van der Waals surface area contributed by atoms with E-state index in [1.54, 1.807) is 0 Å². The number of H-pyrrole nitrogens is 1. The normalized spacial score (nSPS) is 15.9. The van der Waals surface area contributed by atoms with Crippen molar-refractivity contribution in [2.45, 2.75) is 13.3 Å². The molecule has 0 saturated carbocycles. The van der Waals surface area contributed by atoms with E-state index in [9.17, 15) is 4.79 Å². The summed E-state index contributed by atoms with van der Waals surface area (Å²) in [6.07, 6.45) is 0.496. The molecule has 1 aliphatic heterocycles. The van der Waals surface area contributed by atoms with Gasteiger partial charge in [0.2, 0.25) is 5.91 Å². The molecule has 1 aromatic heterocycles. The second-order valence-corrected chi connectivity index (χ2v) is 2.80. The number of rotatable bonds is 0. The molecule has 2 heterocycles. The van der Waals surface area contributed by atoms with E-state index in [2.05, 4.69) is 20.8 Å². The number of anilines is 2. The fourth-order valence-electron chi connectivity index (χ4n) is 1.21. The lowest BCUT2D eigenvalue weighted by Crippen LogP contribution is -2.11. The summed E-state index contributed by atoms with van der Waals surface area (Å²) in [5.41, 5.74) is 1.66. The van der Waals surface area contributed by atoms with Gasteiger partial charge in [-0.05, 0) is 6.92 Å². The predicted octanol–water partition coefficient (Wildman–Crippen LogP) is 0.472. The standard InChI is InChI=1S/C7H10N4O/c1-4-6-7(11-10-4)8-3-2-5(12)9-6/h2-3H2,1H3,(H,9,12)(H2,8,10,11). The lowest BCUT2D eigenvalue weighted by atomic mass is 10.3. The van der Waals surface area contributed by atoms with Crippen LogP contribution >= 0.6 is 0 Å². The van der Waals surface area contributed by atoms with Crippen LogP contribution in [0.1, 0.15) is 12.1 Å². The minimum Gasteiger partial charge on any atom is -0.366 e. The molecule has 0 radical (unpaired) electrons. The Hall–Kier alpha value is -1.52. The first-order valence-electron chi connectivity index (χ1n) is 3.86. The number of fused-ring (bicyclic) bond motifs is 1. The molecule has 0 spiro atoms. The third-order valence-electron chi connectivity index (χ3n) is 1.86. The van der Waals surface area contributed by atoms with Crippen molar-refractivity contribution in [3.63, 3.8) is 0 Å². The number of hydrogen-bond donors (Lipinski definition) is 3. The van der Waals surface area contributed by atoms with E-state index in [1.165, 1.54) is 0 Å². The summed E-state index contributed by atoms with van der Waals surface area (Å²) < 4.78 is 0. The average Bonchev–Trinajstić information content (AvgIpc) is 2.31. The molecule has 12 heavy (non-hydrogen) atoms. The Balaban J connectivity index is 2.40. The molecule has 0 bridgehead atoms. The number of carbonyl (C=O) groups is 1. The molecule has 2 rings (SSSR count). The molecule has 64 valence electrons. The van der Waals surface area contributed by atoms with Crippen molar-refractivity contribution >= 4 is 17.4 Å². The summed E-state index contributed by atoms with van der Waals surface area (Å²) in [5, 5.41) is 12.6. The fourth-order valence-corrected chi connectivity index (χ4v) is 1.21. The number of amides is 1. The lowest BCUT2D eigenvalue weighted by molar-refractivity contribution is -0.115. The highest BCUT2D eigenvalue weighted by Gasteiger charge is 2.16. The van der Waals surface area contributed by atoms with E-state index in [1.807, 2.05) is 6.92 Å². The van der Waals surface area contributed by atoms with Gasteiger partial charge in [-0.2, -0.15) is 5.10 Å². The molecule has 0 unspecified atom stereocenters. The molecule has 0 atom stereocenters. The van der Waals surface area contributed by atoms with Crippen LogP contribution in [0.3, 0.4) is 0 Å². The summed E-state index contributed by atoms with van der Waals surface area (Å²) in [7, 11) is 0. The zero-order valence-corrected chi connectivity index (χ0v) is 6.77. The first-order valence-corrected chi connectivity index (χ1v) is 3.86. The molecule has 5 nitrogen and oxygen atoms in total. The van der Waals surface area contributed by atoms with Crippen LogP contribution in [0.4, 0.5) is 11.5 Å². The maximum absolute atomic E-state index is 11.1. The minimum absolute atomic E-state index is 0.0331.